The van der Waals surface area contributed by atoms with E-state index in [-0.39, 0.29) is 17.6 Å². The normalized spacial score (nSPS) is 12.1. The standard InChI is InChI=1S/C15H23N3O3/c1-6-12(10(2)3)16-13-9-11(15(19)17(4)5)7-8-14(13)18(20)21/h7-10,12,16H,6H2,1-5H3. The Kier molecular flexibility index (Phi) is 5.69. The van der Waals surface area contributed by atoms with Crippen LogP contribution in [0.2, 0.25) is 0 Å². The first-order valence-electron chi connectivity index (χ1n) is 7.04. The van der Waals surface area contributed by atoms with Crippen molar-refractivity contribution in [1.29, 1.82) is 0 Å². The second-order valence-corrected chi connectivity index (χ2v) is 5.59. The van der Waals surface area contributed by atoms with E-state index < -0.39 is 4.92 Å². The second-order valence-electron chi connectivity index (χ2n) is 5.59. The average molecular weight is 293 g/mol. The van der Waals surface area contributed by atoms with Gasteiger partial charge in [-0.1, -0.05) is 20.8 Å². The zero-order valence-electron chi connectivity index (χ0n) is 13.2. The minimum absolute atomic E-state index is 0.00981. The molecule has 0 saturated heterocycles. The van der Waals surface area contributed by atoms with Crippen LogP contribution in [0.5, 0.6) is 0 Å². The van der Waals surface area contributed by atoms with E-state index in [9.17, 15) is 14.9 Å². The lowest BCUT2D eigenvalue weighted by molar-refractivity contribution is -0.384. The third-order valence-electron chi connectivity index (χ3n) is 3.43. The van der Waals surface area contributed by atoms with Gasteiger partial charge < -0.3 is 10.2 Å². The van der Waals surface area contributed by atoms with Gasteiger partial charge in [0.05, 0.1) is 4.92 Å². The van der Waals surface area contributed by atoms with Crippen molar-refractivity contribution in [2.24, 2.45) is 5.92 Å². The van der Waals surface area contributed by atoms with Crippen molar-refractivity contribution >= 4 is 17.3 Å². The number of carbonyl (C=O) groups is 1. The van der Waals surface area contributed by atoms with Gasteiger partial charge >= 0.3 is 0 Å². The van der Waals surface area contributed by atoms with E-state index in [1.165, 1.54) is 17.0 Å². The number of nitrogens with zero attached hydrogens (tertiary/aromatic N) is 2. The van der Waals surface area contributed by atoms with Gasteiger partial charge in [-0.15, -0.1) is 0 Å². The van der Waals surface area contributed by atoms with Gasteiger partial charge in [0.25, 0.3) is 11.6 Å². The molecule has 0 aromatic heterocycles. The highest BCUT2D eigenvalue weighted by Gasteiger charge is 2.20. The summed E-state index contributed by atoms with van der Waals surface area (Å²) < 4.78 is 0. The quantitative estimate of drug-likeness (QED) is 0.645. The maximum atomic E-state index is 12.0. The number of nitro benzene ring substituents is 1. The maximum Gasteiger partial charge on any atom is 0.292 e. The van der Waals surface area contributed by atoms with Crippen molar-refractivity contribution in [1.82, 2.24) is 4.90 Å². The zero-order valence-corrected chi connectivity index (χ0v) is 13.2. The van der Waals surface area contributed by atoms with Gasteiger partial charge in [-0.25, -0.2) is 0 Å². The SMILES string of the molecule is CCC(Nc1cc(C(=O)N(C)C)ccc1[N+](=O)[O-])C(C)C. The molecule has 0 saturated carbocycles. The first-order valence-corrected chi connectivity index (χ1v) is 7.04. The van der Waals surface area contributed by atoms with Crippen molar-refractivity contribution in [3.05, 3.63) is 33.9 Å². The number of anilines is 1. The molecule has 0 aliphatic heterocycles. The predicted octanol–water partition coefficient (Wildman–Crippen LogP) is 3.14. The lowest BCUT2D eigenvalue weighted by atomic mass is 10.0. The number of carbonyl (C=O) groups excluding carboxylic acids is 1. The highest BCUT2D eigenvalue weighted by molar-refractivity contribution is 5.95. The van der Waals surface area contributed by atoms with E-state index in [4.69, 9.17) is 0 Å². The summed E-state index contributed by atoms with van der Waals surface area (Å²) >= 11 is 0. The number of nitrogens with one attached hydrogen (secondary N) is 1. The molecule has 1 aromatic carbocycles. The fourth-order valence-electron chi connectivity index (χ4n) is 2.14. The van der Waals surface area contributed by atoms with E-state index in [0.29, 0.717) is 17.2 Å². The largest absolute Gasteiger partial charge is 0.376 e. The number of benzene rings is 1. The second kappa shape index (κ2) is 7.06. The third-order valence-corrected chi connectivity index (χ3v) is 3.43. The Morgan fingerprint density at radius 2 is 2.00 bits per heavy atom. The van der Waals surface area contributed by atoms with Crippen LogP contribution in [0.1, 0.15) is 37.6 Å². The zero-order chi connectivity index (χ0) is 16.2. The molecule has 6 nitrogen and oxygen atoms in total. The van der Waals surface area contributed by atoms with Crippen LogP contribution in [0, 0.1) is 16.0 Å². The van der Waals surface area contributed by atoms with Gasteiger partial charge in [-0.2, -0.15) is 0 Å². The summed E-state index contributed by atoms with van der Waals surface area (Å²) in [6.45, 7) is 6.14. The topological polar surface area (TPSA) is 75.5 Å². The molecule has 1 amide bonds. The van der Waals surface area contributed by atoms with Crippen molar-refractivity contribution in [2.75, 3.05) is 19.4 Å². The molecule has 0 aliphatic carbocycles. The summed E-state index contributed by atoms with van der Waals surface area (Å²) in [6, 6.07) is 4.55. The summed E-state index contributed by atoms with van der Waals surface area (Å²) in [5, 5.41) is 14.3. The maximum absolute atomic E-state index is 12.0. The minimum atomic E-state index is -0.431. The molecule has 0 radical (unpaired) electrons. The van der Waals surface area contributed by atoms with E-state index in [1.54, 1.807) is 20.2 Å². The number of nitro groups is 1. The van der Waals surface area contributed by atoms with E-state index in [2.05, 4.69) is 19.2 Å². The molecule has 21 heavy (non-hydrogen) atoms. The Balaban J connectivity index is 3.21. The fourth-order valence-corrected chi connectivity index (χ4v) is 2.14. The summed E-state index contributed by atoms with van der Waals surface area (Å²) in [7, 11) is 3.31. The Morgan fingerprint density at radius 1 is 1.38 bits per heavy atom. The monoisotopic (exact) mass is 293 g/mol. The summed E-state index contributed by atoms with van der Waals surface area (Å²) in [5.41, 5.74) is 0.823. The van der Waals surface area contributed by atoms with Crippen LogP contribution < -0.4 is 5.32 Å². The van der Waals surface area contributed by atoms with Crippen molar-refractivity contribution in [3.63, 3.8) is 0 Å². The van der Waals surface area contributed by atoms with Crippen molar-refractivity contribution in [3.8, 4) is 0 Å². The molecule has 116 valence electrons. The van der Waals surface area contributed by atoms with Gasteiger partial charge in [0.2, 0.25) is 0 Å². The number of hydrogen-bond acceptors (Lipinski definition) is 4. The number of rotatable bonds is 6. The van der Waals surface area contributed by atoms with E-state index >= 15 is 0 Å². The number of hydrogen-bond donors (Lipinski definition) is 1. The minimum Gasteiger partial charge on any atom is -0.376 e. The Bertz CT molecular complexity index is 527. The molecule has 1 rings (SSSR count). The van der Waals surface area contributed by atoms with Gasteiger partial charge in [-0.3, -0.25) is 14.9 Å². The Hall–Kier alpha value is -2.11. The molecule has 6 heteroatoms. The van der Waals surface area contributed by atoms with Crippen LogP contribution >= 0.6 is 0 Å². The predicted molar refractivity (Wildman–Crippen MR) is 83.7 cm³/mol. The fraction of sp³-hybridized carbons (Fsp3) is 0.533. The van der Waals surface area contributed by atoms with Crippen molar-refractivity contribution < 1.29 is 9.72 Å². The van der Waals surface area contributed by atoms with Crippen LogP contribution in [0.15, 0.2) is 18.2 Å². The average Bonchev–Trinajstić information content (AvgIpc) is 2.42. The van der Waals surface area contributed by atoms with Crippen LogP contribution in [0.25, 0.3) is 0 Å². The van der Waals surface area contributed by atoms with E-state index in [0.717, 1.165) is 6.42 Å². The van der Waals surface area contributed by atoms with Crippen LogP contribution in [0.3, 0.4) is 0 Å². The molecule has 0 heterocycles. The van der Waals surface area contributed by atoms with E-state index in [1.807, 2.05) is 6.92 Å². The lowest BCUT2D eigenvalue weighted by Gasteiger charge is -2.22. The van der Waals surface area contributed by atoms with Crippen LogP contribution in [-0.4, -0.2) is 35.9 Å². The summed E-state index contributed by atoms with van der Waals surface area (Å²) in [6.07, 6.45) is 0.848. The third kappa shape index (κ3) is 4.18. The summed E-state index contributed by atoms with van der Waals surface area (Å²) in [5.74, 6) is 0.161. The summed E-state index contributed by atoms with van der Waals surface area (Å²) in [4.78, 5) is 24.2. The van der Waals surface area contributed by atoms with Gasteiger partial charge in [0.1, 0.15) is 5.69 Å². The molecule has 1 atom stereocenters. The molecule has 0 aliphatic rings. The molecule has 0 fully saturated rings. The molecular weight excluding hydrogens is 270 g/mol. The smallest absolute Gasteiger partial charge is 0.292 e. The molecule has 1 N–H and O–H groups in total. The Labute approximate surface area is 125 Å². The molecule has 1 unspecified atom stereocenters. The van der Waals surface area contributed by atoms with Crippen molar-refractivity contribution in [2.45, 2.75) is 33.2 Å². The first-order chi connectivity index (χ1) is 9.77. The lowest BCUT2D eigenvalue weighted by Crippen LogP contribution is -2.26. The molecule has 0 spiro atoms. The van der Waals surface area contributed by atoms with Gasteiger partial charge in [-0.05, 0) is 24.5 Å². The highest BCUT2D eigenvalue weighted by atomic mass is 16.6. The molecule has 0 bridgehead atoms. The first kappa shape index (κ1) is 16.9. The molecule has 1 aromatic rings. The Morgan fingerprint density at radius 3 is 2.43 bits per heavy atom. The van der Waals surface area contributed by atoms with Crippen LogP contribution in [0.4, 0.5) is 11.4 Å². The van der Waals surface area contributed by atoms with Gasteiger partial charge in [0.15, 0.2) is 0 Å². The molecular formula is C15H23N3O3. The van der Waals surface area contributed by atoms with Crippen LogP contribution in [-0.2, 0) is 0 Å². The van der Waals surface area contributed by atoms with Gasteiger partial charge in [0, 0.05) is 31.8 Å². The highest BCUT2D eigenvalue weighted by Crippen LogP contribution is 2.28. The number of amides is 1.